The predicted octanol–water partition coefficient (Wildman–Crippen LogP) is 1.90. The van der Waals surface area contributed by atoms with E-state index in [2.05, 4.69) is 54.7 Å². The molecule has 3 saturated heterocycles. The Hall–Kier alpha value is -4.88. The smallest absolute Gasteiger partial charge is 0.267 e. The van der Waals surface area contributed by atoms with Gasteiger partial charge in [0.2, 0.25) is 17.8 Å². The van der Waals surface area contributed by atoms with E-state index < -0.39 is 23.5 Å². The van der Waals surface area contributed by atoms with Crippen LogP contribution in [0.5, 0.6) is 0 Å². The van der Waals surface area contributed by atoms with Crippen molar-refractivity contribution in [3.8, 4) is 0 Å². The zero-order valence-corrected chi connectivity index (χ0v) is 26.7. The van der Waals surface area contributed by atoms with Crippen molar-refractivity contribution in [2.75, 3.05) is 36.4 Å². The first-order valence-electron chi connectivity index (χ1n) is 16.6. The highest BCUT2D eigenvalue weighted by atomic mass is 16.3. The summed E-state index contributed by atoms with van der Waals surface area (Å²) in [5.41, 5.74) is 9.11. The van der Waals surface area contributed by atoms with Crippen LogP contribution in [0.3, 0.4) is 0 Å². The summed E-state index contributed by atoms with van der Waals surface area (Å²) in [5, 5.41) is 17.3. The number of carbonyl (C=O) groups is 4. The summed E-state index contributed by atoms with van der Waals surface area (Å²) in [5.74, 6) is -1.09. The number of imide groups is 1. The van der Waals surface area contributed by atoms with Gasteiger partial charge in [0, 0.05) is 69.2 Å². The maximum Gasteiger partial charge on any atom is 0.267 e. The number of likely N-dealkylation sites (tertiary alicyclic amines) is 1. The first-order valence-corrected chi connectivity index (χ1v) is 16.6. The number of piperidine rings is 3. The lowest BCUT2D eigenvalue weighted by Crippen LogP contribution is -2.52. The molecule has 0 saturated carbocycles. The maximum atomic E-state index is 13.1. The fourth-order valence-electron chi connectivity index (χ4n) is 7.33. The quantitative estimate of drug-likeness (QED) is 0.263. The molecule has 7 rings (SSSR count). The van der Waals surface area contributed by atoms with Crippen molar-refractivity contribution in [1.29, 1.82) is 0 Å². The number of aliphatic hydroxyl groups is 1. The minimum atomic E-state index is -0.988. The summed E-state index contributed by atoms with van der Waals surface area (Å²) in [6.45, 7) is 4.36. The Morgan fingerprint density at radius 3 is 2.46 bits per heavy atom. The molecule has 5 N–H and O–H groups in total. The molecule has 3 aromatic rings. The number of amides is 4. The van der Waals surface area contributed by atoms with Gasteiger partial charge in [0.1, 0.15) is 11.7 Å². The van der Waals surface area contributed by atoms with E-state index in [1.807, 2.05) is 12.1 Å². The lowest BCUT2D eigenvalue weighted by Gasteiger charge is -2.39. The monoisotopic (exact) mass is 652 g/mol. The van der Waals surface area contributed by atoms with E-state index >= 15 is 0 Å². The van der Waals surface area contributed by atoms with Crippen LogP contribution in [0.1, 0.15) is 76.1 Å². The zero-order valence-electron chi connectivity index (χ0n) is 26.7. The van der Waals surface area contributed by atoms with Crippen molar-refractivity contribution < 1.29 is 24.3 Å². The van der Waals surface area contributed by atoms with Crippen molar-refractivity contribution in [3.05, 3.63) is 82.7 Å². The average Bonchev–Trinajstić information content (AvgIpc) is 3.42. The average molecular weight is 653 g/mol. The van der Waals surface area contributed by atoms with Crippen molar-refractivity contribution in [2.24, 2.45) is 5.73 Å². The molecule has 0 aliphatic carbocycles. The SMILES string of the molecule is NC(=O)c1ccnc(NC2CCN(c3ccc(CN4CCC(O)(c5ccc6c(c5)CN(C5CCC(=O)NC5=O)C6=O)CC4)cc3)CC2)n1. The fraction of sp³-hybridized carbons (Fsp3) is 0.429. The first-order chi connectivity index (χ1) is 23.1. The number of hydrogen-bond acceptors (Lipinski definition) is 10. The number of hydrogen-bond donors (Lipinski definition) is 4. The molecule has 0 spiro atoms. The largest absolute Gasteiger partial charge is 0.385 e. The van der Waals surface area contributed by atoms with E-state index in [0.29, 0.717) is 37.3 Å². The van der Waals surface area contributed by atoms with E-state index in [9.17, 15) is 24.3 Å². The van der Waals surface area contributed by atoms with Gasteiger partial charge in [0.05, 0.1) is 5.60 Å². The van der Waals surface area contributed by atoms with Crippen LogP contribution < -0.4 is 21.3 Å². The van der Waals surface area contributed by atoms with Crippen LogP contribution in [0, 0.1) is 0 Å². The Labute approximate surface area is 278 Å². The van der Waals surface area contributed by atoms with Crippen molar-refractivity contribution in [1.82, 2.24) is 25.1 Å². The van der Waals surface area contributed by atoms with Crippen LogP contribution in [0.15, 0.2) is 54.7 Å². The standard InChI is InChI=1S/C35H40N8O5/c36-31(45)28-9-14-37-34(39-28)38-25-10-15-42(16-11-25)26-4-1-22(2-5-26)20-41-17-12-35(48,13-18-41)24-3-6-27-23(19-24)21-43(33(27)47)29-7-8-30(44)40-32(29)46/h1-6,9,14,19,25,29,48H,7-8,10-13,15-18,20-21H2,(H2,36,45)(H,37,38,39)(H,40,44,46). The Bertz CT molecular complexity index is 1730. The topological polar surface area (TPSA) is 174 Å². The van der Waals surface area contributed by atoms with Gasteiger partial charge in [0.25, 0.3) is 11.8 Å². The summed E-state index contributed by atoms with van der Waals surface area (Å²) < 4.78 is 0. The van der Waals surface area contributed by atoms with Gasteiger partial charge in [0.15, 0.2) is 0 Å². The molecule has 4 amide bonds. The highest BCUT2D eigenvalue weighted by Gasteiger charge is 2.41. The zero-order chi connectivity index (χ0) is 33.4. The van der Waals surface area contributed by atoms with E-state index in [1.54, 1.807) is 6.07 Å². The molecule has 1 aromatic heterocycles. The van der Waals surface area contributed by atoms with Crippen LogP contribution in [-0.2, 0) is 28.3 Å². The van der Waals surface area contributed by atoms with E-state index in [-0.39, 0.29) is 30.0 Å². The lowest BCUT2D eigenvalue weighted by molar-refractivity contribution is -0.136. The number of benzene rings is 2. The van der Waals surface area contributed by atoms with Crippen molar-refractivity contribution >= 4 is 35.3 Å². The number of nitrogens with zero attached hydrogens (tertiary/aromatic N) is 5. The molecule has 3 fully saturated rings. The van der Waals surface area contributed by atoms with Crippen LogP contribution in [0.25, 0.3) is 0 Å². The highest BCUT2D eigenvalue weighted by molar-refractivity contribution is 6.05. The Balaban J connectivity index is 0.897. The number of nitrogens with two attached hydrogens (primary N) is 1. The van der Waals surface area contributed by atoms with E-state index in [4.69, 9.17) is 5.73 Å². The van der Waals surface area contributed by atoms with Gasteiger partial charge in [-0.3, -0.25) is 29.4 Å². The van der Waals surface area contributed by atoms with E-state index in [1.165, 1.54) is 28.4 Å². The number of anilines is 2. The van der Waals surface area contributed by atoms with Gasteiger partial charge >= 0.3 is 0 Å². The van der Waals surface area contributed by atoms with Gasteiger partial charge in [-0.25, -0.2) is 9.97 Å². The van der Waals surface area contributed by atoms with Crippen LogP contribution in [-0.4, -0.2) is 86.8 Å². The second-order valence-corrected chi connectivity index (χ2v) is 13.3. The molecule has 4 aliphatic heterocycles. The summed E-state index contributed by atoms with van der Waals surface area (Å²) in [6, 6.07) is 15.3. The summed E-state index contributed by atoms with van der Waals surface area (Å²) in [6.07, 6.45) is 5.07. The molecule has 1 atom stereocenters. The van der Waals surface area contributed by atoms with Gasteiger partial charge in [-0.05, 0) is 73.1 Å². The summed E-state index contributed by atoms with van der Waals surface area (Å²) in [7, 11) is 0. The van der Waals surface area contributed by atoms with Gasteiger partial charge in [-0.1, -0.05) is 24.3 Å². The number of fused-ring (bicyclic) bond motifs is 1. The predicted molar refractivity (Wildman–Crippen MR) is 177 cm³/mol. The molecule has 5 heterocycles. The summed E-state index contributed by atoms with van der Waals surface area (Å²) in [4.78, 5) is 63.2. The maximum absolute atomic E-state index is 13.1. The fourth-order valence-corrected chi connectivity index (χ4v) is 7.33. The molecular weight excluding hydrogens is 612 g/mol. The molecule has 0 bridgehead atoms. The molecule has 13 heteroatoms. The minimum absolute atomic E-state index is 0.199. The molecule has 1 unspecified atom stereocenters. The van der Waals surface area contributed by atoms with Crippen LogP contribution in [0.4, 0.5) is 11.6 Å². The van der Waals surface area contributed by atoms with Gasteiger partial charge < -0.3 is 26.0 Å². The third-order valence-corrected chi connectivity index (χ3v) is 10.2. The number of aromatic nitrogens is 2. The molecule has 48 heavy (non-hydrogen) atoms. The number of primary amides is 1. The normalized spacial score (nSPS) is 21.6. The number of nitrogens with one attached hydrogen (secondary N) is 2. The Morgan fingerprint density at radius 2 is 1.75 bits per heavy atom. The molecular formula is C35H40N8O5. The molecule has 13 nitrogen and oxygen atoms in total. The van der Waals surface area contributed by atoms with Crippen LogP contribution in [0.2, 0.25) is 0 Å². The number of rotatable bonds is 8. The molecule has 2 aromatic carbocycles. The minimum Gasteiger partial charge on any atom is -0.385 e. The highest BCUT2D eigenvalue weighted by Crippen LogP contribution is 2.37. The lowest BCUT2D eigenvalue weighted by atomic mass is 9.83. The number of carbonyl (C=O) groups excluding carboxylic acids is 4. The third-order valence-electron chi connectivity index (χ3n) is 10.2. The van der Waals surface area contributed by atoms with Gasteiger partial charge in [-0.15, -0.1) is 0 Å². The molecule has 0 radical (unpaired) electrons. The van der Waals surface area contributed by atoms with Crippen LogP contribution >= 0.6 is 0 Å². The van der Waals surface area contributed by atoms with Gasteiger partial charge in [-0.2, -0.15) is 0 Å². The molecule has 250 valence electrons. The van der Waals surface area contributed by atoms with Crippen molar-refractivity contribution in [2.45, 2.75) is 69.3 Å². The Morgan fingerprint density at radius 1 is 1.00 bits per heavy atom. The Kier molecular flexibility index (Phi) is 8.56. The second kappa shape index (κ2) is 13.0. The van der Waals surface area contributed by atoms with E-state index in [0.717, 1.165) is 56.7 Å². The molecule has 4 aliphatic rings. The summed E-state index contributed by atoms with van der Waals surface area (Å²) >= 11 is 0. The van der Waals surface area contributed by atoms with Crippen molar-refractivity contribution in [3.63, 3.8) is 0 Å². The second-order valence-electron chi connectivity index (χ2n) is 13.3. The third kappa shape index (κ3) is 6.47. The first kappa shape index (κ1) is 31.7.